The Bertz CT molecular complexity index is 721. The minimum absolute atomic E-state index is 0.0106. The lowest BCUT2D eigenvalue weighted by Crippen LogP contribution is -2.27. The summed E-state index contributed by atoms with van der Waals surface area (Å²) in [6, 6.07) is 4.44. The molecule has 0 saturated carbocycles. The van der Waals surface area contributed by atoms with Crippen LogP contribution < -0.4 is 10.6 Å². The molecule has 6 nitrogen and oxygen atoms in total. The van der Waals surface area contributed by atoms with E-state index in [-0.39, 0.29) is 5.56 Å². The predicted molar refractivity (Wildman–Crippen MR) is 84.9 cm³/mol. The largest absolute Gasteiger partial charge is 0.317 e. The van der Waals surface area contributed by atoms with Crippen molar-refractivity contribution in [2.75, 3.05) is 18.4 Å². The molecule has 2 N–H and O–H groups in total. The fraction of sp³-hybridized carbons (Fsp3) is 0.438. The second-order valence-electron chi connectivity index (χ2n) is 5.88. The second-order valence-corrected chi connectivity index (χ2v) is 5.88. The molecule has 1 amide bonds. The third-order valence-electron chi connectivity index (χ3n) is 4.08. The Morgan fingerprint density at radius 3 is 2.87 bits per heavy atom. The Morgan fingerprint density at radius 1 is 1.39 bits per heavy atom. The normalized spacial score (nSPS) is 15.6. The first-order chi connectivity index (χ1) is 11.0. The maximum Gasteiger partial charge on any atom is 0.260 e. The number of nitrogens with zero attached hydrogens (tertiary/aromatic N) is 3. The molecule has 2 heterocycles. The Morgan fingerprint density at radius 2 is 2.13 bits per heavy atom. The van der Waals surface area contributed by atoms with Crippen molar-refractivity contribution in [1.29, 1.82) is 0 Å². The molecule has 0 spiro atoms. The highest BCUT2D eigenvalue weighted by Gasteiger charge is 2.22. The van der Waals surface area contributed by atoms with Crippen LogP contribution in [0, 0.1) is 12.7 Å². The van der Waals surface area contributed by atoms with Crippen molar-refractivity contribution in [3.05, 3.63) is 41.0 Å². The number of piperidine rings is 1. The van der Waals surface area contributed by atoms with Gasteiger partial charge in [0.15, 0.2) is 5.82 Å². The fourth-order valence-corrected chi connectivity index (χ4v) is 2.75. The van der Waals surface area contributed by atoms with Crippen molar-refractivity contribution in [3.8, 4) is 0 Å². The summed E-state index contributed by atoms with van der Waals surface area (Å²) in [5.74, 6) is 0.301. The average molecular weight is 317 g/mol. The van der Waals surface area contributed by atoms with Crippen LogP contribution in [-0.2, 0) is 7.05 Å². The molecular weight excluding hydrogens is 297 g/mol. The number of hydrogen-bond donors (Lipinski definition) is 2. The van der Waals surface area contributed by atoms with Crippen LogP contribution in [0.5, 0.6) is 0 Å². The zero-order valence-corrected chi connectivity index (χ0v) is 13.3. The van der Waals surface area contributed by atoms with E-state index in [4.69, 9.17) is 0 Å². The monoisotopic (exact) mass is 317 g/mol. The van der Waals surface area contributed by atoms with E-state index in [1.165, 1.54) is 16.8 Å². The summed E-state index contributed by atoms with van der Waals surface area (Å²) in [7, 11) is 1.72. The first-order valence-electron chi connectivity index (χ1n) is 7.74. The van der Waals surface area contributed by atoms with Crippen molar-refractivity contribution in [2.45, 2.75) is 25.7 Å². The molecule has 0 radical (unpaired) electrons. The van der Waals surface area contributed by atoms with Crippen LogP contribution in [0.3, 0.4) is 0 Å². The topological polar surface area (TPSA) is 71.8 Å². The van der Waals surface area contributed by atoms with Gasteiger partial charge in [-0.05, 0) is 45.0 Å². The lowest BCUT2D eigenvalue weighted by molar-refractivity contribution is 0.102. The molecule has 3 rings (SSSR count). The molecule has 1 saturated heterocycles. The van der Waals surface area contributed by atoms with Crippen LogP contribution in [0.25, 0.3) is 0 Å². The first-order valence-corrected chi connectivity index (χ1v) is 7.74. The zero-order chi connectivity index (χ0) is 16.4. The van der Waals surface area contributed by atoms with Gasteiger partial charge in [-0.3, -0.25) is 10.1 Å². The number of aromatic nitrogens is 3. The van der Waals surface area contributed by atoms with E-state index >= 15 is 0 Å². The highest BCUT2D eigenvalue weighted by Crippen LogP contribution is 2.23. The maximum atomic E-state index is 13.8. The van der Waals surface area contributed by atoms with Gasteiger partial charge < -0.3 is 5.32 Å². The van der Waals surface area contributed by atoms with Crippen LogP contribution in [0.15, 0.2) is 18.2 Å². The maximum absolute atomic E-state index is 13.8. The standard InChI is InChI=1S/C16H20FN5O/c1-10-3-4-13(17)12(9-10)15(23)20-16-19-14(21-22(16)2)11-5-7-18-8-6-11/h3-4,9,11,18H,5-8H2,1-2H3,(H,19,20,21,23). The van der Waals surface area contributed by atoms with Crippen molar-refractivity contribution < 1.29 is 9.18 Å². The van der Waals surface area contributed by atoms with Crippen molar-refractivity contribution in [3.63, 3.8) is 0 Å². The molecular formula is C16H20FN5O. The third kappa shape index (κ3) is 3.39. The molecule has 1 aliphatic rings. The third-order valence-corrected chi connectivity index (χ3v) is 4.08. The van der Waals surface area contributed by atoms with Gasteiger partial charge in [0.25, 0.3) is 5.91 Å². The second kappa shape index (κ2) is 6.45. The lowest BCUT2D eigenvalue weighted by Gasteiger charge is -2.19. The van der Waals surface area contributed by atoms with Gasteiger partial charge in [-0.1, -0.05) is 11.6 Å². The van der Waals surface area contributed by atoms with E-state index in [2.05, 4.69) is 20.7 Å². The molecule has 122 valence electrons. The number of carbonyl (C=O) groups excluding carboxylic acids is 1. The van der Waals surface area contributed by atoms with E-state index in [0.717, 1.165) is 37.3 Å². The van der Waals surface area contributed by atoms with E-state index in [1.54, 1.807) is 13.1 Å². The van der Waals surface area contributed by atoms with Crippen LogP contribution in [0.1, 0.15) is 40.5 Å². The van der Waals surface area contributed by atoms with Gasteiger partial charge in [-0.15, -0.1) is 0 Å². The number of benzene rings is 1. The highest BCUT2D eigenvalue weighted by atomic mass is 19.1. The molecule has 0 unspecified atom stereocenters. The van der Waals surface area contributed by atoms with Crippen molar-refractivity contribution in [2.24, 2.45) is 7.05 Å². The number of rotatable bonds is 3. The van der Waals surface area contributed by atoms with E-state index in [1.807, 2.05) is 6.92 Å². The Hall–Kier alpha value is -2.28. The highest BCUT2D eigenvalue weighted by molar-refractivity contribution is 6.03. The minimum Gasteiger partial charge on any atom is -0.317 e. The van der Waals surface area contributed by atoms with Gasteiger partial charge in [0, 0.05) is 13.0 Å². The molecule has 0 bridgehead atoms. The van der Waals surface area contributed by atoms with Gasteiger partial charge in [0.1, 0.15) is 5.82 Å². The number of halogens is 1. The summed E-state index contributed by atoms with van der Waals surface area (Å²) in [5, 5.41) is 10.3. The molecule has 1 fully saturated rings. The molecule has 7 heteroatoms. The van der Waals surface area contributed by atoms with Crippen molar-refractivity contribution >= 4 is 11.9 Å². The van der Waals surface area contributed by atoms with Gasteiger partial charge in [0.2, 0.25) is 5.95 Å². The van der Waals surface area contributed by atoms with E-state index < -0.39 is 11.7 Å². The first kappa shape index (κ1) is 15.6. The number of amides is 1. The summed E-state index contributed by atoms with van der Waals surface area (Å²) in [6.07, 6.45) is 1.95. The fourth-order valence-electron chi connectivity index (χ4n) is 2.75. The summed E-state index contributed by atoms with van der Waals surface area (Å²) in [5.41, 5.74) is 0.835. The average Bonchev–Trinajstić information content (AvgIpc) is 2.91. The summed E-state index contributed by atoms with van der Waals surface area (Å²) in [4.78, 5) is 16.7. The Labute approximate surface area is 134 Å². The van der Waals surface area contributed by atoms with Crippen LogP contribution in [-0.4, -0.2) is 33.8 Å². The predicted octanol–water partition coefficient (Wildman–Crippen LogP) is 1.98. The molecule has 2 aromatic rings. The molecule has 0 aliphatic carbocycles. The van der Waals surface area contributed by atoms with Crippen molar-refractivity contribution in [1.82, 2.24) is 20.1 Å². The SMILES string of the molecule is Cc1ccc(F)c(C(=O)Nc2nc(C3CCNCC3)nn2C)c1. The molecule has 23 heavy (non-hydrogen) atoms. The molecule has 1 aliphatic heterocycles. The summed E-state index contributed by atoms with van der Waals surface area (Å²) < 4.78 is 15.3. The number of carbonyl (C=O) groups is 1. The molecule has 1 aromatic carbocycles. The van der Waals surface area contributed by atoms with E-state index in [9.17, 15) is 9.18 Å². The number of nitrogens with one attached hydrogen (secondary N) is 2. The van der Waals surface area contributed by atoms with Crippen LogP contribution in [0.4, 0.5) is 10.3 Å². The lowest BCUT2D eigenvalue weighted by atomic mass is 9.98. The number of anilines is 1. The summed E-state index contributed by atoms with van der Waals surface area (Å²) >= 11 is 0. The van der Waals surface area contributed by atoms with Gasteiger partial charge in [-0.2, -0.15) is 10.1 Å². The summed E-state index contributed by atoms with van der Waals surface area (Å²) in [6.45, 7) is 3.70. The smallest absolute Gasteiger partial charge is 0.260 e. The van der Waals surface area contributed by atoms with Crippen LogP contribution >= 0.6 is 0 Å². The number of aryl methyl sites for hydroxylation is 2. The zero-order valence-electron chi connectivity index (χ0n) is 13.3. The van der Waals surface area contributed by atoms with Crippen LogP contribution in [0.2, 0.25) is 0 Å². The van der Waals surface area contributed by atoms with Gasteiger partial charge in [0.05, 0.1) is 5.56 Å². The van der Waals surface area contributed by atoms with Gasteiger partial charge >= 0.3 is 0 Å². The Kier molecular flexibility index (Phi) is 4.38. The van der Waals surface area contributed by atoms with E-state index in [0.29, 0.717) is 11.9 Å². The molecule has 1 aromatic heterocycles. The minimum atomic E-state index is -0.547. The quantitative estimate of drug-likeness (QED) is 0.908. The molecule has 0 atom stereocenters. The number of hydrogen-bond acceptors (Lipinski definition) is 4. The Balaban J connectivity index is 1.78. The van der Waals surface area contributed by atoms with Gasteiger partial charge in [-0.25, -0.2) is 9.07 Å².